The number of fused-ring (bicyclic) bond motifs is 14. The maximum absolute atomic E-state index is 5.40. The second-order valence-corrected chi connectivity index (χ2v) is 19.2. The first-order valence-electron chi connectivity index (χ1n) is 24.0. The van der Waals surface area contributed by atoms with Crippen LogP contribution in [0, 0.1) is 0 Å². The van der Waals surface area contributed by atoms with Crippen LogP contribution in [0.1, 0.15) is 25.0 Å². The van der Waals surface area contributed by atoms with Crippen molar-refractivity contribution in [1.29, 1.82) is 0 Å². The van der Waals surface area contributed by atoms with Crippen molar-refractivity contribution in [3.8, 4) is 56.7 Å². The third kappa shape index (κ3) is 5.41. The summed E-state index contributed by atoms with van der Waals surface area (Å²) >= 11 is 0. The zero-order valence-electron chi connectivity index (χ0n) is 38.5. The van der Waals surface area contributed by atoms with Crippen LogP contribution < -0.4 is 4.90 Å². The number of rotatable bonds is 5. The average molecular weight is 895 g/mol. The van der Waals surface area contributed by atoms with E-state index < -0.39 is 0 Å². The molecule has 1 aliphatic carbocycles. The highest BCUT2D eigenvalue weighted by atomic mass is 15.2. The van der Waals surface area contributed by atoms with Crippen LogP contribution in [0.5, 0.6) is 0 Å². The van der Waals surface area contributed by atoms with Gasteiger partial charge in [0.15, 0.2) is 11.6 Å². The van der Waals surface area contributed by atoms with E-state index in [9.17, 15) is 0 Å². The molecular formula is C64H42N6. The molecule has 0 fully saturated rings. The predicted octanol–water partition coefficient (Wildman–Crippen LogP) is 16.3. The summed E-state index contributed by atoms with van der Waals surface area (Å²) in [5, 5.41) is 7.10. The first-order valence-corrected chi connectivity index (χ1v) is 24.0. The molecule has 70 heavy (non-hydrogen) atoms. The van der Waals surface area contributed by atoms with Crippen molar-refractivity contribution in [1.82, 2.24) is 24.1 Å². The molecular weight excluding hydrogens is 853 g/mol. The Morgan fingerprint density at radius 1 is 0.400 bits per heavy atom. The van der Waals surface area contributed by atoms with Crippen molar-refractivity contribution in [2.24, 2.45) is 0 Å². The normalized spacial score (nSPS) is 13.4. The fourth-order valence-electron chi connectivity index (χ4n) is 11.8. The number of aromatic nitrogens is 5. The van der Waals surface area contributed by atoms with E-state index in [0.29, 0.717) is 17.6 Å². The van der Waals surface area contributed by atoms with Crippen LogP contribution >= 0.6 is 0 Å². The Morgan fingerprint density at radius 2 is 0.986 bits per heavy atom. The number of para-hydroxylation sites is 2. The van der Waals surface area contributed by atoms with E-state index in [1.165, 1.54) is 60.7 Å². The van der Waals surface area contributed by atoms with Gasteiger partial charge >= 0.3 is 0 Å². The standard InChI is InChI=1S/C64H42N6/c1-64(2)50-28-16-14-27-47(50)57-51(64)38-56-60-58(57)49-37-54-48(36-55(49)69(60)53-35-34-41-20-12-13-25-45(41)59(53)68(56)44-23-10-5-11-24-44)46-26-15-17-29-52(46)70(54)63-66-61(42-21-8-4-9-22-42)65-62(67-63)43-32-30-40(31-33-43)39-18-6-3-7-19-39/h3-38H,1-2H3. The summed E-state index contributed by atoms with van der Waals surface area (Å²) in [4.78, 5) is 18.5. The lowest BCUT2D eigenvalue weighted by Gasteiger charge is -2.35. The van der Waals surface area contributed by atoms with E-state index >= 15 is 0 Å². The lowest BCUT2D eigenvalue weighted by atomic mass is 9.81. The topological polar surface area (TPSA) is 51.8 Å². The molecule has 0 atom stereocenters. The molecule has 0 saturated heterocycles. The van der Waals surface area contributed by atoms with Gasteiger partial charge in [-0.05, 0) is 81.2 Å². The highest BCUT2D eigenvalue weighted by Crippen LogP contribution is 2.60. The molecule has 6 nitrogen and oxygen atoms in total. The molecule has 0 radical (unpaired) electrons. The smallest absolute Gasteiger partial charge is 0.238 e. The predicted molar refractivity (Wildman–Crippen MR) is 288 cm³/mol. The van der Waals surface area contributed by atoms with E-state index in [1.54, 1.807) is 0 Å². The minimum atomic E-state index is -0.250. The molecule has 4 heterocycles. The summed E-state index contributed by atoms with van der Waals surface area (Å²) < 4.78 is 4.83. The molecule has 10 aromatic carbocycles. The first kappa shape index (κ1) is 38.9. The second kappa shape index (κ2) is 14.4. The van der Waals surface area contributed by atoms with Crippen molar-refractivity contribution in [2.75, 3.05) is 4.90 Å². The van der Waals surface area contributed by atoms with Crippen LogP contribution in [0.25, 0.3) is 111 Å². The van der Waals surface area contributed by atoms with Gasteiger partial charge in [-0.2, -0.15) is 9.97 Å². The number of hydrogen-bond donors (Lipinski definition) is 0. The molecule has 0 N–H and O–H groups in total. The Hall–Kier alpha value is -9.13. The van der Waals surface area contributed by atoms with Gasteiger partial charge < -0.3 is 9.47 Å². The molecule has 0 bridgehead atoms. The zero-order valence-corrected chi connectivity index (χ0v) is 38.5. The van der Waals surface area contributed by atoms with Crippen molar-refractivity contribution < 1.29 is 0 Å². The maximum atomic E-state index is 5.40. The van der Waals surface area contributed by atoms with Gasteiger partial charge in [-0.25, -0.2) is 4.98 Å². The third-order valence-electron chi connectivity index (χ3n) is 15.1. The van der Waals surface area contributed by atoms with Crippen molar-refractivity contribution in [2.45, 2.75) is 19.3 Å². The molecule has 0 spiro atoms. The van der Waals surface area contributed by atoms with Gasteiger partial charge in [0.05, 0.1) is 39.1 Å². The van der Waals surface area contributed by atoms with Crippen molar-refractivity contribution in [3.63, 3.8) is 0 Å². The maximum Gasteiger partial charge on any atom is 0.238 e. The van der Waals surface area contributed by atoms with E-state index in [1.807, 2.05) is 24.3 Å². The number of nitrogens with zero attached hydrogens (tertiary/aromatic N) is 6. The van der Waals surface area contributed by atoms with Crippen LogP contribution in [-0.4, -0.2) is 24.1 Å². The Labute approximate surface area is 404 Å². The largest absolute Gasteiger partial charge is 0.306 e. The molecule has 15 rings (SSSR count). The monoisotopic (exact) mass is 894 g/mol. The Kier molecular flexibility index (Phi) is 8.03. The molecule has 328 valence electrons. The van der Waals surface area contributed by atoms with Gasteiger partial charge in [-0.15, -0.1) is 0 Å². The second-order valence-electron chi connectivity index (χ2n) is 19.2. The van der Waals surface area contributed by atoms with Gasteiger partial charge in [0.25, 0.3) is 0 Å². The van der Waals surface area contributed by atoms with Crippen molar-refractivity contribution in [3.05, 3.63) is 230 Å². The zero-order chi connectivity index (χ0) is 46.2. The van der Waals surface area contributed by atoms with Crippen LogP contribution in [0.15, 0.2) is 218 Å². The quantitative estimate of drug-likeness (QED) is 0.173. The number of hydrogen-bond acceptors (Lipinski definition) is 4. The third-order valence-corrected chi connectivity index (χ3v) is 15.1. The molecule has 0 amide bonds. The van der Waals surface area contributed by atoms with Crippen molar-refractivity contribution >= 4 is 71.4 Å². The van der Waals surface area contributed by atoms with E-state index in [4.69, 9.17) is 15.0 Å². The number of anilines is 3. The van der Waals surface area contributed by atoms with Crippen LogP contribution in [0.4, 0.5) is 17.1 Å². The summed E-state index contributed by atoms with van der Waals surface area (Å²) in [7, 11) is 0. The highest BCUT2D eigenvalue weighted by Gasteiger charge is 2.41. The molecule has 0 saturated carbocycles. The Balaban J connectivity index is 1.07. The van der Waals surface area contributed by atoms with Gasteiger partial charge in [-0.3, -0.25) is 4.57 Å². The molecule has 1 aliphatic heterocycles. The fraction of sp³-hybridized carbons (Fsp3) is 0.0469. The minimum absolute atomic E-state index is 0.250. The van der Waals surface area contributed by atoms with E-state index in [0.717, 1.165) is 61.0 Å². The number of benzene rings is 10. The lowest BCUT2D eigenvalue weighted by Crippen LogP contribution is -2.20. The fourth-order valence-corrected chi connectivity index (χ4v) is 11.8. The summed E-state index contributed by atoms with van der Waals surface area (Å²) in [6.07, 6.45) is 0. The highest BCUT2D eigenvalue weighted by molar-refractivity contribution is 6.27. The molecule has 6 heteroatoms. The SMILES string of the molecule is CC1(C)c2ccccc2-c2c1cc1c3c2c2cc4c(cc2n3-c2ccc3ccccc3c2N1c1ccccc1)c1ccccc1n4-c1nc(-c2ccccc2)nc(-c2ccc(-c3ccccc3)cc2)n1. The molecule has 2 aliphatic rings. The van der Waals surface area contributed by atoms with Crippen LogP contribution in [-0.2, 0) is 5.41 Å². The molecule has 3 aromatic heterocycles. The lowest BCUT2D eigenvalue weighted by molar-refractivity contribution is 0.661. The van der Waals surface area contributed by atoms with Gasteiger partial charge in [0, 0.05) is 49.2 Å². The van der Waals surface area contributed by atoms with E-state index in [-0.39, 0.29) is 5.41 Å². The van der Waals surface area contributed by atoms with Gasteiger partial charge in [0.2, 0.25) is 5.95 Å². The summed E-state index contributed by atoms with van der Waals surface area (Å²) in [6, 6.07) is 78.7. The summed E-state index contributed by atoms with van der Waals surface area (Å²) in [5.74, 6) is 1.80. The Bertz CT molecular complexity index is 4300. The first-order chi connectivity index (χ1) is 34.5. The van der Waals surface area contributed by atoms with Crippen LogP contribution in [0.2, 0.25) is 0 Å². The Morgan fingerprint density at radius 3 is 1.76 bits per heavy atom. The molecule has 13 aromatic rings. The van der Waals surface area contributed by atoms with Gasteiger partial charge in [0.1, 0.15) is 0 Å². The van der Waals surface area contributed by atoms with Crippen LogP contribution in [0.3, 0.4) is 0 Å². The van der Waals surface area contributed by atoms with E-state index in [2.05, 4.69) is 222 Å². The minimum Gasteiger partial charge on any atom is -0.306 e. The summed E-state index contributed by atoms with van der Waals surface area (Å²) in [6.45, 7) is 4.78. The van der Waals surface area contributed by atoms with Gasteiger partial charge in [-0.1, -0.05) is 190 Å². The summed E-state index contributed by atoms with van der Waals surface area (Å²) in [5.41, 5.74) is 18.2. The molecule has 0 unspecified atom stereocenters. The average Bonchev–Trinajstić information content (AvgIpc) is 4.02.